The second-order valence-electron chi connectivity index (χ2n) is 2.97. The fourth-order valence-corrected chi connectivity index (χ4v) is 1.67. The van der Waals surface area contributed by atoms with Gasteiger partial charge in [0.05, 0.1) is 19.2 Å². The molecular formula is C9H13N3O3S. The molecule has 0 saturated heterocycles. The molecule has 7 heteroatoms. The summed E-state index contributed by atoms with van der Waals surface area (Å²) in [5.41, 5.74) is 6.06. The lowest BCUT2D eigenvalue weighted by atomic mass is 10.3. The van der Waals surface area contributed by atoms with Gasteiger partial charge in [0.1, 0.15) is 11.6 Å². The van der Waals surface area contributed by atoms with Gasteiger partial charge in [-0.15, -0.1) is 11.3 Å². The van der Waals surface area contributed by atoms with Crippen LogP contribution in [0.15, 0.2) is 5.38 Å². The lowest BCUT2D eigenvalue weighted by Crippen LogP contribution is -2.31. The summed E-state index contributed by atoms with van der Waals surface area (Å²) in [4.78, 5) is 26.2. The van der Waals surface area contributed by atoms with Gasteiger partial charge in [-0.3, -0.25) is 9.59 Å². The van der Waals surface area contributed by atoms with Gasteiger partial charge in [0, 0.05) is 11.9 Å². The van der Waals surface area contributed by atoms with Crippen LogP contribution in [0.1, 0.15) is 10.7 Å². The zero-order valence-corrected chi connectivity index (χ0v) is 9.67. The maximum absolute atomic E-state index is 11.3. The lowest BCUT2D eigenvalue weighted by Gasteiger charge is -2.01. The van der Waals surface area contributed by atoms with Crippen LogP contribution < -0.4 is 11.1 Å². The normalized spacial score (nSPS) is 9.88. The maximum Gasteiger partial charge on any atom is 0.325 e. The van der Waals surface area contributed by atoms with E-state index in [-0.39, 0.29) is 18.9 Å². The van der Waals surface area contributed by atoms with E-state index in [2.05, 4.69) is 15.0 Å². The molecule has 0 aromatic carbocycles. The van der Waals surface area contributed by atoms with Crippen LogP contribution in [-0.2, 0) is 27.3 Å². The Morgan fingerprint density at radius 2 is 2.38 bits per heavy atom. The van der Waals surface area contributed by atoms with E-state index in [0.29, 0.717) is 12.2 Å². The number of ether oxygens (including phenoxy) is 1. The van der Waals surface area contributed by atoms with Gasteiger partial charge in [-0.2, -0.15) is 0 Å². The third-order valence-electron chi connectivity index (χ3n) is 1.77. The number of carbonyl (C=O) groups is 2. The van der Waals surface area contributed by atoms with E-state index in [1.165, 1.54) is 18.4 Å². The van der Waals surface area contributed by atoms with Crippen LogP contribution in [0.2, 0.25) is 0 Å². The Morgan fingerprint density at radius 1 is 1.62 bits per heavy atom. The van der Waals surface area contributed by atoms with Crippen molar-refractivity contribution in [3.05, 3.63) is 16.1 Å². The highest BCUT2D eigenvalue weighted by molar-refractivity contribution is 7.09. The number of amides is 1. The molecule has 0 saturated carbocycles. The molecule has 0 bridgehead atoms. The average molecular weight is 243 g/mol. The van der Waals surface area contributed by atoms with Crippen LogP contribution >= 0.6 is 11.3 Å². The number of hydrogen-bond acceptors (Lipinski definition) is 6. The number of aromatic nitrogens is 1. The number of carbonyl (C=O) groups excluding carboxylic acids is 2. The summed E-state index contributed by atoms with van der Waals surface area (Å²) in [6, 6.07) is 0. The Morgan fingerprint density at radius 3 is 2.94 bits per heavy atom. The quantitative estimate of drug-likeness (QED) is 0.676. The second kappa shape index (κ2) is 6.19. The maximum atomic E-state index is 11.3. The minimum atomic E-state index is -0.478. The molecule has 0 aliphatic rings. The van der Waals surface area contributed by atoms with Gasteiger partial charge < -0.3 is 15.8 Å². The molecule has 1 heterocycles. The number of thiazole rings is 1. The summed E-state index contributed by atoms with van der Waals surface area (Å²) in [5, 5.41) is 4.99. The van der Waals surface area contributed by atoms with Crippen LogP contribution in [0.4, 0.5) is 0 Å². The summed E-state index contributed by atoms with van der Waals surface area (Å²) >= 11 is 1.41. The Hall–Kier alpha value is -1.47. The van der Waals surface area contributed by atoms with Crippen LogP contribution in [0.5, 0.6) is 0 Å². The van der Waals surface area contributed by atoms with Crippen molar-refractivity contribution >= 4 is 23.2 Å². The Balaban J connectivity index is 2.36. The molecule has 0 spiro atoms. The van der Waals surface area contributed by atoms with Crippen molar-refractivity contribution in [1.29, 1.82) is 0 Å². The largest absolute Gasteiger partial charge is 0.468 e. The molecule has 0 radical (unpaired) electrons. The molecule has 0 unspecified atom stereocenters. The first-order chi connectivity index (χ1) is 7.65. The number of hydrogen-bond donors (Lipinski definition) is 2. The molecule has 1 amide bonds. The highest BCUT2D eigenvalue weighted by Crippen LogP contribution is 2.08. The summed E-state index contributed by atoms with van der Waals surface area (Å²) in [6.45, 7) is 0.248. The van der Waals surface area contributed by atoms with Crippen molar-refractivity contribution in [3.8, 4) is 0 Å². The predicted octanol–water partition coefficient (Wildman–Crippen LogP) is -0.566. The number of rotatable bonds is 5. The van der Waals surface area contributed by atoms with Crippen molar-refractivity contribution in [1.82, 2.24) is 10.3 Å². The predicted molar refractivity (Wildman–Crippen MR) is 58.7 cm³/mol. The smallest absolute Gasteiger partial charge is 0.325 e. The molecule has 0 fully saturated rings. The first-order valence-corrected chi connectivity index (χ1v) is 5.50. The third kappa shape index (κ3) is 3.95. The Bertz CT molecular complexity index is 378. The average Bonchev–Trinajstić information content (AvgIpc) is 2.73. The lowest BCUT2D eigenvalue weighted by molar-refractivity contribution is -0.141. The molecule has 3 N–H and O–H groups in total. The summed E-state index contributed by atoms with van der Waals surface area (Å²) in [5.74, 6) is -0.742. The monoisotopic (exact) mass is 243 g/mol. The van der Waals surface area contributed by atoms with Crippen LogP contribution in [0, 0.1) is 0 Å². The van der Waals surface area contributed by atoms with Gasteiger partial charge in [-0.25, -0.2) is 4.98 Å². The summed E-state index contributed by atoms with van der Waals surface area (Å²) in [7, 11) is 1.27. The number of nitrogens with two attached hydrogens (primary N) is 1. The number of nitrogens with zero attached hydrogens (tertiary/aromatic N) is 1. The zero-order valence-electron chi connectivity index (χ0n) is 8.86. The van der Waals surface area contributed by atoms with E-state index in [1.807, 2.05) is 0 Å². The van der Waals surface area contributed by atoms with Crippen LogP contribution in [0.3, 0.4) is 0 Å². The van der Waals surface area contributed by atoms with Gasteiger partial charge in [0.15, 0.2) is 0 Å². The van der Waals surface area contributed by atoms with Gasteiger partial charge in [-0.05, 0) is 0 Å². The topological polar surface area (TPSA) is 94.3 Å². The van der Waals surface area contributed by atoms with Crippen molar-refractivity contribution in [3.63, 3.8) is 0 Å². The fourth-order valence-electron chi connectivity index (χ4n) is 0.994. The van der Waals surface area contributed by atoms with E-state index in [9.17, 15) is 9.59 Å². The first kappa shape index (κ1) is 12.6. The SMILES string of the molecule is COC(=O)CNC(=O)Cc1csc(CN)n1. The second-order valence-corrected chi connectivity index (χ2v) is 3.91. The zero-order chi connectivity index (χ0) is 12.0. The van der Waals surface area contributed by atoms with Crippen LogP contribution in [0.25, 0.3) is 0 Å². The van der Waals surface area contributed by atoms with Crippen molar-refractivity contribution < 1.29 is 14.3 Å². The highest BCUT2D eigenvalue weighted by Gasteiger charge is 2.08. The van der Waals surface area contributed by atoms with Gasteiger partial charge in [0.25, 0.3) is 0 Å². The fraction of sp³-hybridized carbons (Fsp3) is 0.444. The van der Waals surface area contributed by atoms with E-state index >= 15 is 0 Å². The summed E-state index contributed by atoms with van der Waals surface area (Å²) < 4.78 is 4.39. The molecule has 0 aliphatic heterocycles. The number of esters is 1. The standard InChI is InChI=1S/C9H13N3O3S/c1-15-9(14)4-11-7(13)2-6-5-16-8(3-10)12-6/h5H,2-4,10H2,1H3,(H,11,13). The molecule has 1 aromatic heterocycles. The Kier molecular flexibility index (Phi) is 4.87. The van der Waals surface area contributed by atoms with Gasteiger partial charge in [-0.1, -0.05) is 0 Å². The Labute approximate surface area is 96.8 Å². The van der Waals surface area contributed by atoms with E-state index in [4.69, 9.17) is 5.73 Å². The van der Waals surface area contributed by atoms with Gasteiger partial charge >= 0.3 is 5.97 Å². The minimum Gasteiger partial charge on any atom is -0.468 e. The van der Waals surface area contributed by atoms with E-state index in [0.717, 1.165) is 5.01 Å². The first-order valence-electron chi connectivity index (χ1n) is 4.62. The van der Waals surface area contributed by atoms with Gasteiger partial charge in [0.2, 0.25) is 5.91 Å². The number of nitrogens with one attached hydrogen (secondary N) is 1. The molecule has 1 rings (SSSR count). The van der Waals surface area contributed by atoms with E-state index < -0.39 is 5.97 Å². The third-order valence-corrected chi connectivity index (χ3v) is 2.69. The molecule has 0 atom stereocenters. The highest BCUT2D eigenvalue weighted by atomic mass is 32.1. The van der Waals surface area contributed by atoms with Crippen LogP contribution in [-0.4, -0.2) is 30.5 Å². The number of methoxy groups -OCH3 is 1. The molecular weight excluding hydrogens is 230 g/mol. The van der Waals surface area contributed by atoms with Crippen molar-refractivity contribution in [2.45, 2.75) is 13.0 Å². The molecule has 88 valence electrons. The summed E-state index contributed by atoms with van der Waals surface area (Å²) in [6.07, 6.45) is 0.146. The molecule has 0 aliphatic carbocycles. The van der Waals surface area contributed by atoms with Crippen molar-refractivity contribution in [2.75, 3.05) is 13.7 Å². The minimum absolute atomic E-state index is 0.122. The molecule has 16 heavy (non-hydrogen) atoms. The van der Waals surface area contributed by atoms with E-state index in [1.54, 1.807) is 5.38 Å². The molecule has 1 aromatic rings. The molecule has 6 nitrogen and oxygen atoms in total. The van der Waals surface area contributed by atoms with Crippen molar-refractivity contribution in [2.24, 2.45) is 5.73 Å².